The summed E-state index contributed by atoms with van der Waals surface area (Å²) >= 11 is 6.06. The maximum Gasteiger partial charge on any atom is 0.282 e. The van der Waals surface area contributed by atoms with Gasteiger partial charge in [0.25, 0.3) is 11.8 Å². The molecular weight excluding hydrogens is 332 g/mol. The first-order chi connectivity index (χ1) is 11.4. The molecule has 1 saturated heterocycles. The van der Waals surface area contributed by atoms with Gasteiger partial charge in [-0.1, -0.05) is 17.7 Å². The van der Waals surface area contributed by atoms with Crippen LogP contribution in [-0.4, -0.2) is 22.0 Å². The van der Waals surface area contributed by atoms with Gasteiger partial charge in [-0.15, -0.1) is 0 Å². The zero-order valence-corrected chi connectivity index (χ0v) is 13.3. The Morgan fingerprint density at radius 1 is 1.12 bits per heavy atom. The summed E-state index contributed by atoms with van der Waals surface area (Å²) in [7, 11) is 0. The third-order valence-electron chi connectivity index (χ3n) is 3.62. The van der Waals surface area contributed by atoms with Gasteiger partial charge in [0.15, 0.2) is 0 Å². The Kier molecular flexibility index (Phi) is 3.91. The number of nitrogens with zero attached hydrogens (tertiary/aromatic N) is 1. The van der Waals surface area contributed by atoms with Crippen molar-refractivity contribution < 1.29 is 19.8 Å². The Balaban J connectivity index is 1.97. The van der Waals surface area contributed by atoms with Gasteiger partial charge >= 0.3 is 0 Å². The molecule has 6 nitrogen and oxygen atoms in total. The van der Waals surface area contributed by atoms with Gasteiger partial charge in [-0.2, -0.15) is 0 Å². The number of aromatic hydroxyl groups is 2. The van der Waals surface area contributed by atoms with E-state index in [0.29, 0.717) is 10.7 Å². The number of carbonyl (C=O) groups is 2. The summed E-state index contributed by atoms with van der Waals surface area (Å²) in [5.74, 6) is -1.51. The predicted octanol–water partition coefficient (Wildman–Crippen LogP) is 2.52. The van der Waals surface area contributed by atoms with Gasteiger partial charge in [-0.3, -0.25) is 15.0 Å². The van der Waals surface area contributed by atoms with Crippen LogP contribution in [0.2, 0.25) is 5.02 Å². The predicted molar refractivity (Wildman–Crippen MR) is 89.6 cm³/mol. The number of hydrogen-bond acceptors (Lipinski definition) is 4. The van der Waals surface area contributed by atoms with E-state index in [1.165, 1.54) is 18.2 Å². The molecule has 2 aromatic rings. The minimum atomic E-state index is -0.593. The molecule has 2 aromatic carbocycles. The van der Waals surface area contributed by atoms with E-state index in [1.54, 1.807) is 18.2 Å². The maximum absolute atomic E-state index is 12.5. The lowest BCUT2D eigenvalue weighted by Crippen LogP contribution is -2.35. The average Bonchev–Trinajstić information content (AvgIpc) is 2.80. The van der Waals surface area contributed by atoms with E-state index in [-0.39, 0.29) is 22.6 Å². The largest absolute Gasteiger partial charge is 0.508 e. The van der Waals surface area contributed by atoms with Gasteiger partial charge in [0.05, 0.1) is 5.69 Å². The molecule has 0 atom stereocenters. The van der Waals surface area contributed by atoms with E-state index in [2.05, 4.69) is 5.43 Å². The monoisotopic (exact) mass is 344 g/mol. The summed E-state index contributed by atoms with van der Waals surface area (Å²) in [6, 6.07) is 8.87. The number of amides is 2. The van der Waals surface area contributed by atoms with Crippen molar-refractivity contribution in [3.8, 4) is 11.5 Å². The van der Waals surface area contributed by atoms with Crippen molar-refractivity contribution in [1.29, 1.82) is 0 Å². The third kappa shape index (κ3) is 2.79. The van der Waals surface area contributed by atoms with Crippen LogP contribution >= 0.6 is 11.6 Å². The second kappa shape index (κ2) is 5.90. The summed E-state index contributed by atoms with van der Waals surface area (Å²) in [6.07, 6.45) is 1.27. The molecule has 0 aliphatic carbocycles. The number of carbonyl (C=O) groups excluding carboxylic acids is 2. The number of hydrazine groups is 1. The Morgan fingerprint density at radius 2 is 1.88 bits per heavy atom. The molecule has 3 N–H and O–H groups in total. The van der Waals surface area contributed by atoms with Gasteiger partial charge in [0, 0.05) is 16.7 Å². The van der Waals surface area contributed by atoms with Gasteiger partial charge in [0.1, 0.15) is 17.1 Å². The van der Waals surface area contributed by atoms with Crippen molar-refractivity contribution in [1.82, 2.24) is 5.43 Å². The topological polar surface area (TPSA) is 89.9 Å². The molecule has 0 bridgehead atoms. The van der Waals surface area contributed by atoms with Crippen LogP contribution in [0.1, 0.15) is 11.1 Å². The van der Waals surface area contributed by atoms with E-state index >= 15 is 0 Å². The summed E-state index contributed by atoms with van der Waals surface area (Å²) in [5, 5.41) is 20.7. The first-order valence-corrected chi connectivity index (χ1v) is 7.40. The van der Waals surface area contributed by atoms with Crippen molar-refractivity contribution in [2.45, 2.75) is 6.92 Å². The number of phenolic OH excluding ortho intramolecular Hbond substituents is 2. The van der Waals surface area contributed by atoms with E-state index in [9.17, 15) is 19.8 Å². The minimum absolute atomic E-state index is 0.118. The van der Waals surface area contributed by atoms with Crippen LogP contribution in [0.5, 0.6) is 11.5 Å². The zero-order valence-electron chi connectivity index (χ0n) is 12.6. The number of benzene rings is 2. The van der Waals surface area contributed by atoms with Gasteiger partial charge in [0.2, 0.25) is 0 Å². The number of rotatable bonds is 2. The maximum atomic E-state index is 12.5. The lowest BCUT2D eigenvalue weighted by atomic mass is 10.1. The van der Waals surface area contributed by atoms with Crippen molar-refractivity contribution in [3.05, 3.63) is 58.1 Å². The zero-order chi connectivity index (χ0) is 17.4. The van der Waals surface area contributed by atoms with E-state index in [0.717, 1.165) is 16.6 Å². The standard InChI is InChI=1S/C17H13ClN2O4/c1-9-2-4-11(7-14(9)18)20-17(24)13(16(23)19-20)6-10-3-5-12(21)8-15(10)22/h2-8,21-22H,1H3,(H,19,23)/b13-6-. The highest BCUT2D eigenvalue weighted by atomic mass is 35.5. The fourth-order valence-electron chi connectivity index (χ4n) is 2.27. The Bertz CT molecular complexity index is 892. The molecule has 0 unspecified atom stereocenters. The van der Waals surface area contributed by atoms with Crippen molar-refractivity contribution in [3.63, 3.8) is 0 Å². The first-order valence-electron chi connectivity index (χ1n) is 7.02. The molecule has 1 heterocycles. The van der Waals surface area contributed by atoms with E-state index < -0.39 is 11.8 Å². The SMILES string of the molecule is Cc1ccc(N2NC(=O)/C(=C/c3ccc(O)cc3O)C2=O)cc1Cl. The molecule has 1 aliphatic heterocycles. The summed E-state index contributed by atoms with van der Waals surface area (Å²) in [5.41, 5.74) is 3.85. The third-order valence-corrected chi connectivity index (χ3v) is 4.03. The number of anilines is 1. The van der Waals surface area contributed by atoms with Crippen LogP contribution in [0.3, 0.4) is 0 Å². The highest BCUT2D eigenvalue weighted by molar-refractivity contribution is 6.33. The quantitative estimate of drug-likeness (QED) is 0.577. The molecule has 122 valence electrons. The first kappa shape index (κ1) is 15.9. The van der Waals surface area contributed by atoms with Gasteiger partial charge < -0.3 is 10.2 Å². The van der Waals surface area contributed by atoms with Crippen molar-refractivity contribution in [2.75, 3.05) is 5.01 Å². The molecule has 0 spiro atoms. The minimum Gasteiger partial charge on any atom is -0.508 e. The fraction of sp³-hybridized carbons (Fsp3) is 0.0588. The van der Waals surface area contributed by atoms with Crippen LogP contribution < -0.4 is 10.4 Å². The Labute approximate surface area is 142 Å². The highest BCUT2D eigenvalue weighted by Gasteiger charge is 2.34. The molecule has 2 amide bonds. The van der Waals surface area contributed by atoms with Crippen LogP contribution in [0.4, 0.5) is 5.69 Å². The van der Waals surface area contributed by atoms with Crippen LogP contribution in [-0.2, 0) is 9.59 Å². The molecular formula is C17H13ClN2O4. The summed E-state index contributed by atoms with van der Waals surface area (Å²) in [6.45, 7) is 1.83. The van der Waals surface area contributed by atoms with E-state index in [4.69, 9.17) is 11.6 Å². The number of hydrogen-bond donors (Lipinski definition) is 3. The molecule has 7 heteroatoms. The van der Waals surface area contributed by atoms with Gasteiger partial charge in [-0.05, 0) is 42.8 Å². The fourth-order valence-corrected chi connectivity index (χ4v) is 2.44. The molecule has 1 aliphatic rings. The summed E-state index contributed by atoms with van der Waals surface area (Å²) < 4.78 is 0. The molecule has 0 saturated carbocycles. The van der Waals surface area contributed by atoms with Crippen LogP contribution in [0, 0.1) is 6.92 Å². The van der Waals surface area contributed by atoms with Crippen molar-refractivity contribution >= 4 is 35.2 Å². The van der Waals surface area contributed by atoms with E-state index in [1.807, 2.05) is 6.92 Å². The smallest absolute Gasteiger partial charge is 0.282 e. The molecule has 1 fully saturated rings. The van der Waals surface area contributed by atoms with Crippen LogP contribution in [0.15, 0.2) is 42.0 Å². The Hall–Kier alpha value is -2.99. The van der Waals surface area contributed by atoms with Crippen molar-refractivity contribution in [2.24, 2.45) is 0 Å². The Morgan fingerprint density at radius 3 is 2.54 bits per heavy atom. The lowest BCUT2D eigenvalue weighted by molar-refractivity contribution is -0.117. The summed E-state index contributed by atoms with van der Waals surface area (Å²) in [4.78, 5) is 24.6. The molecule has 24 heavy (non-hydrogen) atoms. The number of halogens is 1. The number of nitrogens with one attached hydrogen (secondary N) is 1. The number of phenols is 2. The molecule has 0 radical (unpaired) electrons. The molecule has 0 aromatic heterocycles. The highest BCUT2D eigenvalue weighted by Crippen LogP contribution is 2.28. The number of aryl methyl sites for hydroxylation is 1. The van der Waals surface area contributed by atoms with Gasteiger partial charge in [-0.25, -0.2) is 5.01 Å². The normalized spacial score (nSPS) is 15.9. The second-order valence-electron chi connectivity index (χ2n) is 5.32. The van der Waals surface area contributed by atoms with Crippen LogP contribution in [0.25, 0.3) is 6.08 Å². The molecule has 3 rings (SSSR count). The lowest BCUT2D eigenvalue weighted by Gasteiger charge is -2.15. The second-order valence-corrected chi connectivity index (χ2v) is 5.72. The average molecular weight is 345 g/mol.